The molecule has 2 saturated carbocycles. The highest BCUT2D eigenvalue weighted by Gasteiger charge is 2.41. The van der Waals surface area contributed by atoms with Crippen molar-refractivity contribution in [2.45, 2.75) is 58.9 Å². The molecule has 2 rings (SSSR count). The third-order valence-corrected chi connectivity index (χ3v) is 5.30. The molecule has 0 amide bonds. The Labute approximate surface area is 131 Å². The van der Waals surface area contributed by atoms with Crippen molar-refractivity contribution >= 4 is 0 Å². The van der Waals surface area contributed by atoms with Gasteiger partial charge in [0.1, 0.15) is 0 Å². The second kappa shape index (κ2) is 7.94. The van der Waals surface area contributed by atoms with E-state index in [2.05, 4.69) is 38.0 Å². The molecule has 21 heavy (non-hydrogen) atoms. The third kappa shape index (κ3) is 5.54. The van der Waals surface area contributed by atoms with Crippen LogP contribution in [0.3, 0.4) is 0 Å². The summed E-state index contributed by atoms with van der Waals surface area (Å²) in [6.45, 7) is 12.4. The lowest BCUT2D eigenvalue weighted by Crippen LogP contribution is -2.45. The van der Waals surface area contributed by atoms with Crippen LogP contribution in [0.15, 0.2) is 0 Å². The first-order valence-electron chi connectivity index (χ1n) is 9.02. The highest BCUT2D eigenvalue weighted by molar-refractivity contribution is 4.96. The first-order chi connectivity index (χ1) is 10.0. The number of likely N-dealkylation sites (N-methyl/N-ethyl adjacent to an activating group) is 1. The molecule has 0 aromatic rings. The standard InChI is InChI=1S/C18H36N2O/c1-5-10-19-17-16(8-9-18(17,2)3)13-20(4)11-12-21-14-15-6-7-15/h15-17,19H,5-14H2,1-4H3. The molecule has 2 aliphatic rings. The minimum absolute atomic E-state index is 0.448. The zero-order chi connectivity index (χ0) is 15.3. The second-order valence-corrected chi connectivity index (χ2v) is 8.00. The van der Waals surface area contributed by atoms with Crippen molar-refractivity contribution in [2.24, 2.45) is 17.3 Å². The van der Waals surface area contributed by atoms with Crippen LogP contribution >= 0.6 is 0 Å². The van der Waals surface area contributed by atoms with Crippen LogP contribution in [0, 0.1) is 17.3 Å². The molecule has 0 aliphatic heterocycles. The van der Waals surface area contributed by atoms with Crippen molar-refractivity contribution in [2.75, 3.05) is 39.9 Å². The Morgan fingerprint density at radius 1 is 1.24 bits per heavy atom. The van der Waals surface area contributed by atoms with E-state index in [1.54, 1.807) is 0 Å². The maximum Gasteiger partial charge on any atom is 0.0593 e. The fraction of sp³-hybridized carbons (Fsp3) is 1.00. The first kappa shape index (κ1) is 17.2. The number of nitrogens with one attached hydrogen (secondary N) is 1. The summed E-state index contributed by atoms with van der Waals surface area (Å²) in [5.41, 5.74) is 0.448. The quantitative estimate of drug-likeness (QED) is 0.627. The largest absolute Gasteiger partial charge is 0.380 e. The van der Waals surface area contributed by atoms with Gasteiger partial charge in [0.05, 0.1) is 6.61 Å². The molecule has 0 spiro atoms. The molecule has 2 fully saturated rings. The Kier molecular flexibility index (Phi) is 6.51. The lowest BCUT2D eigenvalue weighted by atomic mass is 9.84. The van der Waals surface area contributed by atoms with Crippen molar-refractivity contribution in [1.82, 2.24) is 10.2 Å². The monoisotopic (exact) mass is 296 g/mol. The summed E-state index contributed by atoms with van der Waals surface area (Å²) < 4.78 is 5.77. The number of hydrogen-bond donors (Lipinski definition) is 1. The average molecular weight is 296 g/mol. The molecular formula is C18H36N2O. The molecule has 0 saturated heterocycles. The van der Waals surface area contributed by atoms with Gasteiger partial charge in [0.25, 0.3) is 0 Å². The molecule has 2 atom stereocenters. The van der Waals surface area contributed by atoms with Crippen LogP contribution in [0.5, 0.6) is 0 Å². The molecule has 1 N–H and O–H groups in total. The van der Waals surface area contributed by atoms with Crippen LogP contribution in [-0.2, 0) is 4.74 Å². The normalized spacial score (nSPS) is 28.4. The predicted molar refractivity (Wildman–Crippen MR) is 89.6 cm³/mol. The number of ether oxygens (including phenoxy) is 1. The van der Waals surface area contributed by atoms with E-state index in [9.17, 15) is 0 Å². The molecule has 3 nitrogen and oxygen atoms in total. The van der Waals surface area contributed by atoms with Gasteiger partial charge < -0.3 is 15.0 Å². The van der Waals surface area contributed by atoms with Gasteiger partial charge in [-0.1, -0.05) is 20.8 Å². The minimum atomic E-state index is 0.448. The molecule has 0 aromatic carbocycles. The van der Waals surface area contributed by atoms with Gasteiger partial charge in [-0.05, 0) is 62.9 Å². The van der Waals surface area contributed by atoms with Crippen LogP contribution in [-0.4, -0.2) is 50.8 Å². The smallest absolute Gasteiger partial charge is 0.0593 e. The molecule has 2 aliphatic carbocycles. The molecule has 124 valence electrons. The molecular weight excluding hydrogens is 260 g/mol. The predicted octanol–water partition coefficient (Wildman–Crippen LogP) is 3.15. The zero-order valence-electron chi connectivity index (χ0n) is 14.7. The molecule has 3 heteroatoms. The van der Waals surface area contributed by atoms with E-state index in [-0.39, 0.29) is 0 Å². The van der Waals surface area contributed by atoms with Crippen molar-refractivity contribution in [1.29, 1.82) is 0 Å². The van der Waals surface area contributed by atoms with Crippen LogP contribution in [0.1, 0.15) is 52.9 Å². The second-order valence-electron chi connectivity index (χ2n) is 8.00. The lowest BCUT2D eigenvalue weighted by molar-refractivity contribution is 0.0960. The summed E-state index contributed by atoms with van der Waals surface area (Å²) in [4.78, 5) is 2.47. The third-order valence-electron chi connectivity index (χ3n) is 5.30. The minimum Gasteiger partial charge on any atom is -0.380 e. The summed E-state index contributed by atoms with van der Waals surface area (Å²) >= 11 is 0. The van der Waals surface area contributed by atoms with Crippen molar-refractivity contribution in [3.8, 4) is 0 Å². The van der Waals surface area contributed by atoms with E-state index in [4.69, 9.17) is 4.74 Å². The average Bonchev–Trinajstić information content (AvgIpc) is 3.20. The Balaban J connectivity index is 1.68. The highest BCUT2D eigenvalue weighted by Crippen LogP contribution is 2.41. The fourth-order valence-electron chi connectivity index (χ4n) is 3.70. The number of nitrogens with zero attached hydrogens (tertiary/aromatic N) is 1. The van der Waals surface area contributed by atoms with Crippen LogP contribution in [0.4, 0.5) is 0 Å². The van der Waals surface area contributed by atoms with Crippen molar-refractivity contribution in [3.05, 3.63) is 0 Å². The number of rotatable bonds is 10. The first-order valence-corrected chi connectivity index (χ1v) is 9.02. The maximum absolute atomic E-state index is 5.77. The van der Waals surface area contributed by atoms with Gasteiger partial charge in [0.2, 0.25) is 0 Å². The van der Waals surface area contributed by atoms with Gasteiger partial charge in [-0.3, -0.25) is 0 Å². The fourth-order valence-corrected chi connectivity index (χ4v) is 3.70. The van der Waals surface area contributed by atoms with Gasteiger partial charge in [0.15, 0.2) is 0 Å². The van der Waals surface area contributed by atoms with Crippen LogP contribution in [0.25, 0.3) is 0 Å². The van der Waals surface area contributed by atoms with E-state index in [1.807, 2.05) is 0 Å². The lowest BCUT2D eigenvalue weighted by Gasteiger charge is -2.33. The van der Waals surface area contributed by atoms with Gasteiger partial charge in [-0.15, -0.1) is 0 Å². The van der Waals surface area contributed by atoms with E-state index >= 15 is 0 Å². The summed E-state index contributed by atoms with van der Waals surface area (Å²) in [6.07, 6.45) is 6.71. The number of hydrogen-bond acceptors (Lipinski definition) is 3. The maximum atomic E-state index is 5.77. The van der Waals surface area contributed by atoms with E-state index in [0.717, 1.165) is 38.1 Å². The van der Waals surface area contributed by atoms with Gasteiger partial charge >= 0.3 is 0 Å². The Bertz CT molecular complexity index is 302. The van der Waals surface area contributed by atoms with Crippen LogP contribution < -0.4 is 5.32 Å². The van der Waals surface area contributed by atoms with Crippen molar-refractivity contribution < 1.29 is 4.74 Å². The van der Waals surface area contributed by atoms with Gasteiger partial charge in [-0.2, -0.15) is 0 Å². The molecule has 0 heterocycles. The molecule has 2 unspecified atom stereocenters. The Morgan fingerprint density at radius 2 is 2.00 bits per heavy atom. The Morgan fingerprint density at radius 3 is 2.67 bits per heavy atom. The van der Waals surface area contributed by atoms with E-state index in [0.29, 0.717) is 11.5 Å². The molecule has 0 bridgehead atoms. The summed E-state index contributed by atoms with van der Waals surface area (Å²) in [5, 5.41) is 3.81. The summed E-state index contributed by atoms with van der Waals surface area (Å²) in [5.74, 6) is 1.67. The summed E-state index contributed by atoms with van der Waals surface area (Å²) in [6, 6.07) is 0.673. The highest BCUT2D eigenvalue weighted by atomic mass is 16.5. The van der Waals surface area contributed by atoms with Gasteiger partial charge in [-0.25, -0.2) is 0 Å². The SMILES string of the molecule is CCCNC1C(CN(C)CCOCC2CC2)CCC1(C)C. The molecule has 0 aromatic heterocycles. The zero-order valence-corrected chi connectivity index (χ0v) is 14.7. The molecule has 0 radical (unpaired) electrons. The Hall–Kier alpha value is -0.120. The van der Waals surface area contributed by atoms with Gasteiger partial charge in [0, 0.05) is 25.7 Å². The van der Waals surface area contributed by atoms with Crippen LogP contribution in [0.2, 0.25) is 0 Å². The van der Waals surface area contributed by atoms with E-state index in [1.165, 1.54) is 38.6 Å². The summed E-state index contributed by atoms with van der Waals surface area (Å²) in [7, 11) is 2.25. The van der Waals surface area contributed by atoms with E-state index < -0.39 is 0 Å². The van der Waals surface area contributed by atoms with Crippen molar-refractivity contribution in [3.63, 3.8) is 0 Å². The topological polar surface area (TPSA) is 24.5 Å².